The van der Waals surface area contributed by atoms with Crippen LogP contribution in [-0.4, -0.2) is 4.98 Å². The van der Waals surface area contributed by atoms with Gasteiger partial charge in [0.05, 0.1) is 23.6 Å². The minimum absolute atomic E-state index is 0.0984. The van der Waals surface area contributed by atoms with Crippen molar-refractivity contribution >= 4 is 21.6 Å². The van der Waals surface area contributed by atoms with Gasteiger partial charge in [0.25, 0.3) is 0 Å². The largest absolute Gasteiger partial charge is 0.376 e. The van der Waals surface area contributed by atoms with Gasteiger partial charge in [0.2, 0.25) is 0 Å². The molecule has 2 nitrogen and oxygen atoms in total. The molecule has 1 aromatic carbocycles. The molecular formula is C14H13BrF2N2. The van der Waals surface area contributed by atoms with Crippen molar-refractivity contribution in [2.45, 2.75) is 19.4 Å². The van der Waals surface area contributed by atoms with Gasteiger partial charge in [-0.2, -0.15) is 0 Å². The van der Waals surface area contributed by atoms with E-state index in [4.69, 9.17) is 0 Å². The summed E-state index contributed by atoms with van der Waals surface area (Å²) in [7, 11) is 0. The Morgan fingerprint density at radius 3 is 2.58 bits per heavy atom. The molecule has 0 aliphatic rings. The number of hydrogen-bond acceptors (Lipinski definition) is 2. The summed E-state index contributed by atoms with van der Waals surface area (Å²) in [5, 5.41) is 3.20. The number of nitrogens with one attached hydrogen (secondary N) is 1. The van der Waals surface area contributed by atoms with Crippen LogP contribution >= 0.6 is 15.9 Å². The second-order valence-electron chi connectivity index (χ2n) is 4.13. The van der Waals surface area contributed by atoms with Gasteiger partial charge in [-0.3, -0.25) is 4.98 Å². The average Bonchev–Trinajstić information content (AvgIpc) is 2.41. The molecule has 0 bridgehead atoms. The monoisotopic (exact) mass is 326 g/mol. The quantitative estimate of drug-likeness (QED) is 0.881. The minimum Gasteiger partial charge on any atom is -0.376 e. The lowest BCUT2D eigenvalue weighted by atomic mass is 10.1. The highest BCUT2D eigenvalue weighted by Gasteiger charge is 2.12. The zero-order chi connectivity index (χ0) is 13.8. The molecule has 0 aliphatic carbocycles. The van der Waals surface area contributed by atoms with E-state index in [1.54, 1.807) is 12.1 Å². The van der Waals surface area contributed by atoms with Crippen LogP contribution in [-0.2, 0) is 0 Å². The lowest BCUT2D eigenvalue weighted by Gasteiger charge is -2.18. The molecule has 1 atom stereocenters. The molecule has 0 spiro atoms. The predicted molar refractivity (Wildman–Crippen MR) is 74.9 cm³/mol. The Balaban J connectivity index is 2.23. The fourth-order valence-electron chi connectivity index (χ4n) is 1.77. The van der Waals surface area contributed by atoms with E-state index in [-0.39, 0.29) is 17.7 Å². The van der Waals surface area contributed by atoms with Crippen molar-refractivity contribution < 1.29 is 8.78 Å². The Kier molecular flexibility index (Phi) is 4.47. The molecule has 0 saturated carbocycles. The highest BCUT2D eigenvalue weighted by atomic mass is 79.9. The zero-order valence-electron chi connectivity index (χ0n) is 10.3. The van der Waals surface area contributed by atoms with E-state index in [0.29, 0.717) is 5.69 Å². The molecule has 1 N–H and O–H groups in total. The number of halogens is 3. The molecule has 0 fully saturated rings. The van der Waals surface area contributed by atoms with E-state index in [1.807, 2.05) is 6.92 Å². The summed E-state index contributed by atoms with van der Waals surface area (Å²) in [6.07, 6.45) is 1.93. The molecule has 1 aromatic heterocycles. The van der Waals surface area contributed by atoms with Crippen LogP contribution in [0.15, 0.2) is 41.0 Å². The third-order valence-electron chi connectivity index (χ3n) is 2.77. The molecule has 1 heterocycles. The Morgan fingerprint density at radius 2 is 1.95 bits per heavy atom. The summed E-state index contributed by atoms with van der Waals surface area (Å²) in [5.74, 6) is -0.682. The molecule has 2 rings (SSSR count). The smallest absolute Gasteiger partial charge is 0.141 e. The van der Waals surface area contributed by atoms with Gasteiger partial charge in [-0.25, -0.2) is 8.78 Å². The Morgan fingerprint density at radius 1 is 1.21 bits per heavy atom. The van der Waals surface area contributed by atoms with E-state index in [2.05, 4.69) is 26.2 Å². The van der Waals surface area contributed by atoms with Crippen LogP contribution in [0.25, 0.3) is 0 Å². The summed E-state index contributed by atoms with van der Waals surface area (Å²) in [4.78, 5) is 4.05. The highest BCUT2D eigenvalue weighted by molar-refractivity contribution is 9.10. The maximum atomic E-state index is 13.2. The summed E-state index contributed by atoms with van der Waals surface area (Å²) in [6, 6.07) is 7.33. The normalized spacial score (nSPS) is 12.2. The van der Waals surface area contributed by atoms with Gasteiger partial charge in [-0.15, -0.1) is 0 Å². The van der Waals surface area contributed by atoms with Gasteiger partial charge in [-0.1, -0.05) is 6.92 Å². The first-order valence-electron chi connectivity index (χ1n) is 5.93. The molecule has 0 amide bonds. The lowest BCUT2D eigenvalue weighted by molar-refractivity contribution is 0.614. The van der Waals surface area contributed by atoms with Crippen molar-refractivity contribution in [3.05, 3.63) is 58.3 Å². The first-order valence-corrected chi connectivity index (χ1v) is 6.72. The number of hydrogen-bond donors (Lipinski definition) is 1. The number of pyridine rings is 1. The van der Waals surface area contributed by atoms with Crippen molar-refractivity contribution in [1.29, 1.82) is 0 Å². The van der Waals surface area contributed by atoms with Crippen molar-refractivity contribution in [3.8, 4) is 0 Å². The molecule has 0 saturated heterocycles. The number of aromatic nitrogens is 1. The summed E-state index contributed by atoms with van der Waals surface area (Å²) >= 11 is 3.36. The summed E-state index contributed by atoms with van der Waals surface area (Å²) in [5.41, 5.74) is 1.37. The standard InChI is InChI=1S/C14H13BrF2N2/c1-2-12(13-6-4-10(17)8-18-13)19-14-7-9(16)3-5-11(14)15/h3-8,12,19H,2H2,1H3. The summed E-state index contributed by atoms with van der Waals surface area (Å²) < 4.78 is 26.9. The third-order valence-corrected chi connectivity index (χ3v) is 3.47. The van der Waals surface area contributed by atoms with Gasteiger partial charge >= 0.3 is 0 Å². The van der Waals surface area contributed by atoms with Gasteiger partial charge in [0, 0.05) is 4.47 Å². The number of benzene rings is 1. The van der Waals surface area contributed by atoms with Crippen molar-refractivity contribution in [2.24, 2.45) is 0 Å². The van der Waals surface area contributed by atoms with Crippen LogP contribution < -0.4 is 5.32 Å². The minimum atomic E-state index is -0.370. The van der Waals surface area contributed by atoms with Crippen molar-refractivity contribution in [3.63, 3.8) is 0 Å². The van der Waals surface area contributed by atoms with E-state index in [9.17, 15) is 8.78 Å². The summed E-state index contributed by atoms with van der Waals surface area (Å²) in [6.45, 7) is 1.98. The molecule has 5 heteroatoms. The van der Waals surface area contributed by atoms with Crippen LogP contribution in [0.4, 0.5) is 14.5 Å². The van der Waals surface area contributed by atoms with E-state index < -0.39 is 0 Å². The second-order valence-corrected chi connectivity index (χ2v) is 4.98. The lowest BCUT2D eigenvalue weighted by Crippen LogP contribution is -2.12. The molecule has 100 valence electrons. The second kappa shape index (κ2) is 6.10. The number of rotatable bonds is 4. The first kappa shape index (κ1) is 13.9. The topological polar surface area (TPSA) is 24.9 Å². The van der Waals surface area contributed by atoms with Gasteiger partial charge < -0.3 is 5.32 Å². The van der Waals surface area contributed by atoms with Crippen LogP contribution in [0.3, 0.4) is 0 Å². The number of anilines is 1. The van der Waals surface area contributed by atoms with E-state index in [0.717, 1.165) is 16.6 Å². The van der Waals surface area contributed by atoms with Crippen LogP contribution in [0.2, 0.25) is 0 Å². The Bertz CT molecular complexity index is 558. The Hall–Kier alpha value is -1.49. The van der Waals surface area contributed by atoms with Gasteiger partial charge in [0.15, 0.2) is 0 Å². The van der Waals surface area contributed by atoms with Crippen LogP contribution in [0.1, 0.15) is 25.1 Å². The average molecular weight is 327 g/mol. The fraction of sp³-hybridized carbons (Fsp3) is 0.214. The van der Waals surface area contributed by atoms with Crippen LogP contribution in [0.5, 0.6) is 0 Å². The molecule has 2 aromatic rings. The molecule has 1 unspecified atom stereocenters. The van der Waals surface area contributed by atoms with E-state index in [1.165, 1.54) is 24.4 Å². The maximum absolute atomic E-state index is 13.2. The maximum Gasteiger partial charge on any atom is 0.141 e. The molecular weight excluding hydrogens is 314 g/mol. The van der Waals surface area contributed by atoms with Crippen molar-refractivity contribution in [1.82, 2.24) is 4.98 Å². The van der Waals surface area contributed by atoms with Gasteiger partial charge in [0.1, 0.15) is 11.6 Å². The highest BCUT2D eigenvalue weighted by Crippen LogP contribution is 2.28. The molecule has 0 aliphatic heterocycles. The van der Waals surface area contributed by atoms with E-state index >= 15 is 0 Å². The number of nitrogens with zero attached hydrogens (tertiary/aromatic N) is 1. The fourth-order valence-corrected chi connectivity index (χ4v) is 2.14. The SMILES string of the molecule is CCC(Nc1cc(F)ccc1Br)c1ccc(F)cn1. The Labute approximate surface area is 119 Å². The van der Waals surface area contributed by atoms with Crippen molar-refractivity contribution in [2.75, 3.05) is 5.32 Å². The van der Waals surface area contributed by atoms with Crippen LogP contribution in [0, 0.1) is 11.6 Å². The third kappa shape index (κ3) is 3.50. The molecule has 0 radical (unpaired) electrons. The zero-order valence-corrected chi connectivity index (χ0v) is 11.9. The molecule has 19 heavy (non-hydrogen) atoms. The first-order chi connectivity index (χ1) is 9.10. The predicted octanol–water partition coefficient (Wildman–Crippen LogP) is 4.69. The van der Waals surface area contributed by atoms with Gasteiger partial charge in [-0.05, 0) is 52.7 Å².